The van der Waals surface area contributed by atoms with Crippen LogP contribution in [0.2, 0.25) is 0 Å². The number of aryl methyl sites for hydroxylation is 1. The summed E-state index contributed by atoms with van der Waals surface area (Å²) < 4.78 is 2.38. The molecule has 84 valence electrons. The molecular formula is C14H18N2. The van der Waals surface area contributed by atoms with Crippen molar-refractivity contribution < 1.29 is 0 Å². The van der Waals surface area contributed by atoms with Crippen molar-refractivity contribution in [2.75, 3.05) is 0 Å². The summed E-state index contributed by atoms with van der Waals surface area (Å²) in [5.41, 5.74) is 2.41. The average molecular weight is 214 g/mol. The van der Waals surface area contributed by atoms with E-state index in [2.05, 4.69) is 34.8 Å². The van der Waals surface area contributed by atoms with Gasteiger partial charge in [-0.15, -0.1) is 0 Å². The number of fused-ring (bicyclic) bond motifs is 1. The summed E-state index contributed by atoms with van der Waals surface area (Å²) in [5, 5.41) is 1.28. The molecule has 1 saturated carbocycles. The zero-order chi connectivity index (χ0) is 11.0. The molecule has 2 heterocycles. The highest BCUT2D eigenvalue weighted by Crippen LogP contribution is 2.30. The predicted molar refractivity (Wildman–Crippen MR) is 66.6 cm³/mol. The van der Waals surface area contributed by atoms with Crippen LogP contribution in [-0.4, -0.2) is 9.55 Å². The topological polar surface area (TPSA) is 17.8 Å². The molecule has 0 radical (unpaired) electrons. The molecule has 2 heteroatoms. The van der Waals surface area contributed by atoms with Crippen molar-refractivity contribution in [3.63, 3.8) is 0 Å². The molecule has 16 heavy (non-hydrogen) atoms. The second kappa shape index (κ2) is 3.93. The largest absolute Gasteiger partial charge is 0.329 e. The van der Waals surface area contributed by atoms with Crippen molar-refractivity contribution in [3.8, 4) is 0 Å². The van der Waals surface area contributed by atoms with E-state index in [9.17, 15) is 0 Å². The summed E-state index contributed by atoms with van der Waals surface area (Å²) in [6.45, 7) is 2.10. The maximum absolute atomic E-state index is 4.58. The Morgan fingerprint density at radius 1 is 1.25 bits per heavy atom. The Bertz CT molecular complexity index is 492. The van der Waals surface area contributed by atoms with Crippen LogP contribution in [0.25, 0.3) is 11.0 Å². The minimum atomic E-state index is 0.682. The molecule has 0 atom stereocenters. The number of hydrogen-bond donors (Lipinski definition) is 0. The summed E-state index contributed by atoms with van der Waals surface area (Å²) in [4.78, 5) is 4.58. The van der Waals surface area contributed by atoms with Crippen LogP contribution >= 0.6 is 0 Å². The smallest absolute Gasteiger partial charge is 0.140 e. The highest BCUT2D eigenvalue weighted by atomic mass is 15.1. The maximum atomic E-state index is 4.58. The second-order valence-electron chi connectivity index (χ2n) is 4.94. The van der Waals surface area contributed by atoms with Gasteiger partial charge in [0.25, 0.3) is 0 Å². The molecule has 0 bridgehead atoms. The van der Waals surface area contributed by atoms with Gasteiger partial charge in [-0.2, -0.15) is 0 Å². The van der Waals surface area contributed by atoms with Crippen LogP contribution < -0.4 is 0 Å². The first-order chi connectivity index (χ1) is 7.84. The highest BCUT2D eigenvalue weighted by molar-refractivity contribution is 5.76. The second-order valence-corrected chi connectivity index (χ2v) is 4.94. The number of nitrogens with zero attached hydrogens (tertiary/aromatic N) is 2. The third-order valence-corrected chi connectivity index (χ3v) is 3.66. The summed E-state index contributed by atoms with van der Waals surface area (Å²) in [6.07, 6.45) is 11.0. The van der Waals surface area contributed by atoms with Gasteiger partial charge in [0.2, 0.25) is 0 Å². The Morgan fingerprint density at radius 3 is 2.88 bits per heavy atom. The van der Waals surface area contributed by atoms with E-state index in [1.165, 1.54) is 43.1 Å². The quantitative estimate of drug-likeness (QED) is 0.705. The standard InChI is InChI=1S/C14H18N2/c1-11-9-12-7-8-16(14(12)15-10-11)13-5-3-2-4-6-13/h7-10,13H,2-6H2,1H3. The predicted octanol–water partition coefficient (Wildman–Crippen LogP) is 3.85. The van der Waals surface area contributed by atoms with Crippen LogP contribution in [0.1, 0.15) is 43.7 Å². The van der Waals surface area contributed by atoms with Gasteiger partial charge in [-0.05, 0) is 37.5 Å². The van der Waals surface area contributed by atoms with E-state index < -0.39 is 0 Å². The van der Waals surface area contributed by atoms with Gasteiger partial charge in [-0.25, -0.2) is 4.98 Å². The van der Waals surface area contributed by atoms with Crippen LogP contribution in [0, 0.1) is 6.92 Å². The molecule has 2 aromatic rings. The van der Waals surface area contributed by atoms with Crippen LogP contribution in [0.15, 0.2) is 24.5 Å². The SMILES string of the molecule is Cc1cnc2c(ccn2C2CCCCC2)c1. The Balaban J connectivity index is 2.03. The molecule has 0 amide bonds. The van der Waals surface area contributed by atoms with E-state index in [0.29, 0.717) is 6.04 Å². The summed E-state index contributed by atoms with van der Waals surface area (Å²) in [6, 6.07) is 5.10. The molecule has 0 saturated heterocycles. The molecule has 2 nitrogen and oxygen atoms in total. The molecule has 3 rings (SSSR count). The van der Waals surface area contributed by atoms with Gasteiger partial charge in [0, 0.05) is 23.8 Å². The highest BCUT2D eigenvalue weighted by Gasteiger charge is 2.16. The Labute approximate surface area is 96.3 Å². The normalized spacial score (nSPS) is 18.1. The molecule has 1 aliphatic carbocycles. The number of pyridine rings is 1. The summed E-state index contributed by atoms with van der Waals surface area (Å²) >= 11 is 0. The number of hydrogen-bond acceptors (Lipinski definition) is 1. The lowest BCUT2D eigenvalue weighted by Crippen LogP contribution is -2.12. The molecule has 0 aliphatic heterocycles. The van der Waals surface area contributed by atoms with E-state index >= 15 is 0 Å². The van der Waals surface area contributed by atoms with E-state index in [-0.39, 0.29) is 0 Å². The Hall–Kier alpha value is -1.31. The van der Waals surface area contributed by atoms with Gasteiger partial charge in [-0.3, -0.25) is 0 Å². The minimum Gasteiger partial charge on any atom is -0.329 e. The lowest BCUT2D eigenvalue weighted by molar-refractivity contribution is 0.359. The molecular weight excluding hydrogens is 196 g/mol. The first kappa shape index (κ1) is 9.88. The molecule has 1 aliphatic rings. The van der Waals surface area contributed by atoms with E-state index in [1.54, 1.807) is 0 Å². The lowest BCUT2D eigenvalue weighted by atomic mass is 9.95. The average Bonchev–Trinajstić information content (AvgIpc) is 2.73. The van der Waals surface area contributed by atoms with E-state index in [0.717, 1.165) is 5.65 Å². The summed E-state index contributed by atoms with van der Waals surface area (Å²) in [7, 11) is 0. The van der Waals surface area contributed by atoms with Crippen LogP contribution in [0.3, 0.4) is 0 Å². The zero-order valence-corrected chi connectivity index (χ0v) is 9.82. The number of aromatic nitrogens is 2. The molecule has 0 N–H and O–H groups in total. The first-order valence-corrected chi connectivity index (χ1v) is 6.28. The van der Waals surface area contributed by atoms with Gasteiger partial charge in [0.1, 0.15) is 5.65 Å². The fourth-order valence-electron chi connectivity index (χ4n) is 2.81. The minimum absolute atomic E-state index is 0.682. The monoisotopic (exact) mass is 214 g/mol. The van der Waals surface area contributed by atoms with Crippen molar-refractivity contribution in [2.45, 2.75) is 45.1 Å². The van der Waals surface area contributed by atoms with Crippen LogP contribution in [-0.2, 0) is 0 Å². The Kier molecular flexibility index (Phi) is 2.43. The lowest BCUT2D eigenvalue weighted by Gasteiger charge is -2.23. The summed E-state index contributed by atoms with van der Waals surface area (Å²) in [5.74, 6) is 0. The molecule has 1 fully saturated rings. The van der Waals surface area contributed by atoms with Gasteiger partial charge >= 0.3 is 0 Å². The fraction of sp³-hybridized carbons (Fsp3) is 0.500. The van der Waals surface area contributed by atoms with Crippen LogP contribution in [0.4, 0.5) is 0 Å². The molecule has 0 unspecified atom stereocenters. The van der Waals surface area contributed by atoms with Crippen molar-refractivity contribution >= 4 is 11.0 Å². The maximum Gasteiger partial charge on any atom is 0.140 e. The third kappa shape index (κ3) is 1.62. The fourth-order valence-corrected chi connectivity index (χ4v) is 2.81. The molecule has 2 aromatic heterocycles. The zero-order valence-electron chi connectivity index (χ0n) is 9.82. The van der Waals surface area contributed by atoms with Crippen molar-refractivity contribution in [2.24, 2.45) is 0 Å². The van der Waals surface area contributed by atoms with Crippen molar-refractivity contribution in [1.82, 2.24) is 9.55 Å². The van der Waals surface area contributed by atoms with Gasteiger partial charge < -0.3 is 4.57 Å². The van der Waals surface area contributed by atoms with E-state index in [1.807, 2.05) is 6.20 Å². The number of rotatable bonds is 1. The van der Waals surface area contributed by atoms with Gasteiger partial charge in [0.05, 0.1) is 0 Å². The van der Waals surface area contributed by atoms with Gasteiger partial charge in [-0.1, -0.05) is 19.3 Å². The molecule has 0 spiro atoms. The third-order valence-electron chi connectivity index (χ3n) is 3.66. The van der Waals surface area contributed by atoms with Crippen molar-refractivity contribution in [3.05, 3.63) is 30.1 Å². The van der Waals surface area contributed by atoms with E-state index in [4.69, 9.17) is 0 Å². The Morgan fingerprint density at radius 2 is 2.06 bits per heavy atom. The molecule has 0 aromatic carbocycles. The first-order valence-electron chi connectivity index (χ1n) is 6.28. The van der Waals surface area contributed by atoms with Crippen LogP contribution in [0.5, 0.6) is 0 Å². The van der Waals surface area contributed by atoms with Gasteiger partial charge in [0.15, 0.2) is 0 Å². The van der Waals surface area contributed by atoms with Crippen molar-refractivity contribution in [1.29, 1.82) is 0 Å².